The van der Waals surface area contributed by atoms with Crippen molar-refractivity contribution < 1.29 is 17.9 Å². The van der Waals surface area contributed by atoms with Crippen molar-refractivity contribution in [2.24, 2.45) is 0 Å². The highest BCUT2D eigenvalue weighted by Gasteiger charge is 2.24. The summed E-state index contributed by atoms with van der Waals surface area (Å²) >= 11 is 5.87. The third-order valence-corrected chi connectivity index (χ3v) is 6.39. The number of aryl methyl sites for hydroxylation is 1. The van der Waals surface area contributed by atoms with Crippen LogP contribution in [0.3, 0.4) is 0 Å². The fourth-order valence-corrected chi connectivity index (χ4v) is 4.45. The molecule has 0 aliphatic heterocycles. The minimum atomic E-state index is -3.61. The Hall–Kier alpha value is -2.09. The molecule has 0 atom stereocenters. The normalized spacial score (nSPS) is 11.4. The van der Waals surface area contributed by atoms with Gasteiger partial charge < -0.3 is 10.1 Å². The Balaban J connectivity index is 2.12. The van der Waals surface area contributed by atoms with Crippen molar-refractivity contribution in [2.45, 2.75) is 25.7 Å². The second-order valence-electron chi connectivity index (χ2n) is 5.86. The standard InChI is InChI=1S/C19H23ClN2O4S/c1-4-22(5-2)27(24,25)18-12-16(10-9-14(18)3)21-19(23)13-26-17-8-6-7-15(20)11-17/h6-12H,4-5,13H2,1-3H3,(H,21,23). The highest BCUT2D eigenvalue weighted by Crippen LogP contribution is 2.24. The predicted octanol–water partition coefficient (Wildman–Crippen LogP) is 3.70. The van der Waals surface area contributed by atoms with Crippen molar-refractivity contribution in [1.29, 1.82) is 0 Å². The van der Waals surface area contributed by atoms with Gasteiger partial charge in [0.15, 0.2) is 6.61 Å². The van der Waals surface area contributed by atoms with E-state index in [1.54, 1.807) is 57.2 Å². The molecule has 6 nitrogen and oxygen atoms in total. The first-order chi connectivity index (χ1) is 12.8. The third-order valence-electron chi connectivity index (χ3n) is 3.96. The largest absolute Gasteiger partial charge is 0.484 e. The number of hydrogen-bond donors (Lipinski definition) is 1. The lowest BCUT2D eigenvalue weighted by Crippen LogP contribution is -2.31. The second kappa shape index (κ2) is 9.21. The van der Waals surface area contributed by atoms with E-state index in [-0.39, 0.29) is 11.5 Å². The van der Waals surface area contributed by atoms with E-state index in [4.69, 9.17) is 16.3 Å². The molecular formula is C19H23ClN2O4S. The molecule has 8 heteroatoms. The Morgan fingerprint density at radius 2 is 1.85 bits per heavy atom. The molecule has 0 saturated carbocycles. The van der Waals surface area contributed by atoms with Crippen molar-refractivity contribution in [3.05, 3.63) is 53.1 Å². The summed E-state index contributed by atoms with van der Waals surface area (Å²) in [6.45, 7) is 5.84. The Kier molecular flexibility index (Phi) is 7.24. The van der Waals surface area contributed by atoms with Crippen LogP contribution >= 0.6 is 11.6 Å². The average Bonchev–Trinajstić information content (AvgIpc) is 2.62. The Labute approximate surface area is 165 Å². The molecule has 1 amide bonds. The van der Waals surface area contributed by atoms with E-state index >= 15 is 0 Å². The molecule has 0 aliphatic rings. The van der Waals surface area contributed by atoms with Gasteiger partial charge in [-0.25, -0.2) is 8.42 Å². The quantitative estimate of drug-likeness (QED) is 0.720. The summed E-state index contributed by atoms with van der Waals surface area (Å²) in [5.41, 5.74) is 1.01. The number of ether oxygens (including phenoxy) is 1. The first kappa shape index (κ1) is 21.2. The van der Waals surface area contributed by atoms with Crippen LogP contribution in [0.5, 0.6) is 5.75 Å². The topological polar surface area (TPSA) is 75.7 Å². The van der Waals surface area contributed by atoms with Gasteiger partial charge in [0, 0.05) is 23.8 Å². The Morgan fingerprint density at radius 1 is 1.15 bits per heavy atom. The molecule has 0 fully saturated rings. The van der Waals surface area contributed by atoms with Crippen LogP contribution in [0.4, 0.5) is 5.69 Å². The molecular weight excluding hydrogens is 388 g/mol. The van der Waals surface area contributed by atoms with Gasteiger partial charge in [-0.1, -0.05) is 37.6 Å². The summed E-state index contributed by atoms with van der Waals surface area (Å²) < 4.78 is 32.3. The number of nitrogens with one attached hydrogen (secondary N) is 1. The van der Waals surface area contributed by atoms with E-state index in [1.807, 2.05) is 0 Å². The van der Waals surface area contributed by atoms with Crippen LogP contribution in [0.15, 0.2) is 47.4 Å². The number of carbonyl (C=O) groups excluding carboxylic acids is 1. The van der Waals surface area contributed by atoms with Crippen molar-refractivity contribution >= 4 is 33.2 Å². The van der Waals surface area contributed by atoms with Crippen LogP contribution in [0.1, 0.15) is 19.4 Å². The van der Waals surface area contributed by atoms with Gasteiger partial charge in [-0.15, -0.1) is 0 Å². The van der Waals surface area contributed by atoms with Crippen LogP contribution in [-0.4, -0.2) is 38.3 Å². The van der Waals surface area contributed by atoms with E-state index in [0.29, 0.717) is 35.1 Å². The van der Waals surface area contributed by atoms with Gasteiger partial charge in [0.2, 0.25) is 10.0 Å². The summed E-state index contributed by atoms with van der Waals surface area (Å²) in [6, 6.07) is 11.5. The summed E-state index contributed by atoms with van der Waals surface area (Å²) in [7, 11) is -3.61. The maximum Gasteiger partial charge on any atom is 0.262 e. The number of benzene rings is 2. The van der Waals surface area contributed by atoms with Crippen LogP contribution < -0.4 is 10.1 Å². The van der Waals surface area contributed by atoms with Gasteiger partial charge in [-0.3, -0.25) is 4.79 Å². The molecule has 0 radical (unpaired) electrons. The van der Waals surface area contributed by atoms with Gasteiger partial charge in [0.25, 0.3) is 5.91 Å². The number of rotatable bonds is 8. The average molecular weight is 411 g/mol. The van der Waals surface area contributed by atoms with Gasteiger partial charge in [0.1, 0.15) is 5.75 Å². The van der Waals surface area contributed by atoms with Crippen LogP contribution in [0.2, 0.25) is 5.02 Å². The fourth-order valence-electron chi connectivity index (χ4n) is 2.56. The number of carbonyl (C=O) groups is 1. The fraction of sp³-hybridized carbons (Fsp3) is 0.316. The minimum absolute atomic E-state index is 0.180. The zero-order valence-corrected chi connectivity index (χ0v) is 17.1. The number of anilines is 1. The summed E-state index contributed by atoms with van der Waals surface area (Å²) in [5, 5.41) is 3.17. The maximum absolute atomic E-state index is 12.8. The molecule has 0 bridgehead atoms. The number of hydrogen-bond acceptors (Lipinski definition) is 4. The molecule has 0 spiro atoms. The van der Waals surface area contributed by atoms with Crippen LogP contribution in [-0.2, 0) is 14.8 Å². The smallest absolute Gasteiger partial charge is 0.262 e. The molecule has 0 heterocycles. The van der Waals surface area contributed by atoms with Crippen molar-refractivity contribution in [2.75, 3.05) is 25.0 Å². The van der Waals surface area contributed by atoms with E-state index in [9.17, 15) is 13.2 Å². The molecule has 27 heavy (non-hydrogen) atoms. The lowest BCUT2D eigenvalue weighted by molar-refractivity contribution is -0.118. The molecule has 2 aromatic rings. The molecule has 2 rings (SSSR count). The number of halogens is 1. The van der Waals surface area contributed by atoms with Crippen molar-refractivity contribution in [3.63, 3.8) is 0 Å². The number of sulfonamides is 1. The summed E-state index contributed by atoms with van der Waals surface area (Å²) in [5.74, 6) is 0.0800. The Morgan fingerprint density at radius 3 is 2.48 bits per heavy atom. The van der Waals surface area contributed by atoms with E-state index in [0.717, 1.165) is 0 Å². The van der Waals surface area contributed by atoms with E-state index < -0.39 is 15.9 Å². The number of amides is 1. The maximum atomic E-state index is 12.8. The molecule has 146 valence electrons. The van der Waals surface area contributed by atoms with E-state index in [1.165, 1.54) is 10.4 Å². The molecule has 2 aromatic carbocycles. The first-order valence-corrected chi connectivity index (χ1v) is 10.4. The molecule has 0 aromatic heterocycles. The number of nitrogens with zero attached hydrogens (tertiary/aromatic N) is 1. The third kappa shape index (κ3) is 5.45. The zero-order valence-electron chi connectivity index (χ0n) is 15.5. The van der Waals surface area contributed by atoms with Gasteiger partial charge >= 0.3 is 0 Å². The highest BCUT2D eigenvalue weighted by atomic mass is 35.5. The van der Waals surface area contributed by atoms with Gasteiger partial charge in [-0.05, 0) is 42.8 Å². The monoisotopic (exact) mass is 410 g/mol. The first-order valence-electron chi connectivity index (χ1n) is 8.57. The van der Waals surface area contributed by atoms with Gasteiger partial charge in [-0.2, -0.15) is 4.31 Å². The van der Waals surface area contributed by atoms with Gasteiger partial charge in [0.05, 0.1) is 4.90 Å². The highest BCUT2D eigenvalue weighted by molar-refractivity contribution is 7.89. The lowest BCUT2D eigenvalue weighted by Gasteiger charge is -2.20. The van der Waals surface area contributed by atoms with Crippen molar-refractivity contribution in [1.82, 2.24) is 4.31 Å². The Bertz CT molecular complexity index is 912. The van der Waals surface area contributed by atoms with Crippen LogP contribution in [0, 0.1) is 6.92 Å². The molecule has 0 unspecified atom stereocenters. The lowest BCUT2D eigenvalue weighted by atomic mass is 10.2. The zero-order chi connectivity index (χ0) is 20.0. The van der Waals surface area contributed by atoms with Crippen LogP contribution in [0.25, 0.3) is 0 Å². The molecule has 1 N–H and O–H groups in total. The summed E-state index contributed by atoms with van der Waals surface area (Å²) in [4.78, 5) is 12.3. The minimum Gasteiger partial charge on any atom is -0.484 e. The predicted molar refractivity (Wildman–Crippen MR) is 107 cm³/mol. The van der Waals surface area contributed by atoms with E-state index in [2.05, 4.69) is 5.32 Å². The second-order valence-corrected chi connectivity index (χ2v) is 8.21. The van der Waals surface area contributed by atoms with Crippen molar-refractivity contribution in [3.8, 4) is 5.75 Å². The molecule has 0 saturated heterocycles. The SMILES string of the molecule is CCN(CC)S(=O)(=O)c1cc(NC(=O)COc2cccc(Cl)c2)ccc1C. The summed E-state index contributed by atoms with van der Waals surface area (Å²) in [6.07, 6.45) is 0. The molecule has 0 aliphatic carbocycles.